The first-order valence-corrected chi connectivity index (χ1v) is 5.03. The van der Waals surface area contributed by atoms with Gasteiger partial charge in [0.1, 0.15) is 12.4 Å². The Labute approximate surface area is 92.6 Å². The highest BCUT2D eigenvalue weighted by atomic mass is 16.1. The lowest BCUT2D eigenvalue weighted by atomic mass is 10.3. The van der Waals surface area contributed by atoms with E-state index in [4.69, 9.17) is 5.26 Å². The van der Waals surface area contributed by atoms with E-state index in [1.54, 1.807) is 6.33 Å². The number of aromatic nitrogens is 2. The van der Waals surface area contributed by atoms with Gasteiger partial charge in [0, 0.05) is 13.0 Å². The van der Waals surface area contributed by atoms with Crippen molar-refractivity contribution in [2.24, 2.45) is 4.99 Å². The molecule has 0 fully saturated rings. The van der Waals surface area contributed by atoms with Crippen LogP contribution >= 0.6 is 0 Å². The van der Waals surface area contributed by atoms with E-state index >= 15 is 0 Å². The molecular weight excluding hydrogens is 206 g/mol. The number of nitrogens with zero attached hydrogens (tertiary/aromatic N) is 4. The van der Waals surface area contributed by atoms with Crippen LogP contribution in [0, 0.1) is 11.3 Å². The second-order valence-electron chi connectivity index (χ2n) is 3.43. The average molecular weight is 217 g/mol. The molecule has 1 N–H and O–H groups in total. The number of unbranched alkanes of at least 4 members (excludes halogenated alkanes) is 1. The highest BCUT2D eigenvalue weighted by Crippen LogP contribution is 2.17. The fraction of sp³-hybridized carbons (Fsp3) is 0.400. The Morgan fingerprint density at radius 3 is 3.31 bits per heavy atom. The molecule has 1 aromatic heterocycles. The number of aliphatic imine (C=N–C) groups is 1. The fourth-order valence-electron chi connectivity index (χ4n) is 1.55. The number of Topliss-reactive ketones (excluding diaryl/α,β-unsaturated/α-hetero) is 1. The third-order valence-electron chi connectivity index (χ3n) is 2.32. The molecule has 0 atom stereocenters. The zero-order valence-electron chi connectivity index (χ0n) is 8.68. The van der Waals surface area contributed by atoms with Crippen molar-refractivity contribution in [1.29, 1.82) is 5.26 Å². The average Bonchev–Trinajstić information content (AvgIpc) is 2.59. The molecule has 1 aromatic rings. The molecule has 16 heavy (non-hydrogen) atoms. The fourth-order valence-corrected chi connectivity index (χ4v) is 1.55. The van der Waals surface area contributed by atoms with Gasteiger partial charge in [0.2, 0.25) is 5.78 Å². The predicted molar refractivity (Wildman–Crippen MR) is 58.4 cm³/mol. The van der Waals surface area contributed by atoms with Crippen molar-refractivity contribution in [1.82, 2.24) is 9.55 Å². The minimum absolute atomic E-state index is 0.0877. The number of fused-ring (bicyclic) bond motifs is 1. The number of rotatable bonds is 3. The Bertz CT molecular complexity index is 468. The minimum Gasteiger partial charge on any atom is -0.331 e. The van der Waals surface area contributed by atoms with Crippen LogP contribution in [0.4, 0.5) is 5.82 Å². The number of aryl methyl sites for hydroxylation is 1. The summed E-state index contributed by atoms with van der Waals surface area (Å²) in [6, 6.07) is 2.08. The lowest BCUT2D eigenvalue weighted by Gasteiger charge is -2.05. The molecule has 1 aliphatic rings. The Hall–Kier alpha value is -2.16. The summed E-state index contributed by atoms with van der Waals surface area (Å²) in [7, 11) is 0. The summed E-state index contributed by atoms with van der Waals surface area (Å²) in [6.07, 6.45) is 4.36. The Kier molecular flexibility index (Phi) is 2.96. The van der Waals surface area contributed by atoms with Crippen LogP contribution in [0.2, 0.25) is 0 Å². The van der Waals surface area contributed by atoms with Crippen LogP contribution in [0.15, 0.2) is 11.3 Å². The van der Waals surface area contributed by atoms with Gasteiger partial charge in [-0.3, -0.25) is 9.79 Å². The van der Waals surface area contributed by atoms with Gasteiger partial charge in [-0.05, 0) is 6.42 Å². The first-order valence-electron chi connectivity index (χ1n) is 5.03. The Balaban J connectivity index is 2.19. The molecule has 0 bridgehead atoms. The van der Waals surface area contributed by atoms with Crippen LogP contribution in [0.25, 0.3) is 0 Å². The predicted octanol–water partition coefficient (Wildman–Crippen LogP) is 0.823. The summed E-state index contributed by atoms with van der Waals surface area (Å²) in [5.74, 6) is 0.583. The number of carbonyl (C=O) groups excluding carboxylic acids is 1. The summed E-state index contributed by atoms with van der Waals surface area (Å²) >= 11 is 0. The lowest BCUT2D eigenvalue weighted by Crippen LogP contribution is -2.07. The van der Waals surface area contributed by atoms with Gasteiger partial charge in [0.05, 0.1) is 18.7 Å². The van der Waals surface area contributed by atoms with Crippen molar-refractivity contribution in [3.63, 3.8) is 0 Å². The van der Waals surface area contributed by atoms with Crippen LogP contribution in [0.1, 0.15) is 23.3 Å². The van der Waals surface area contributed by atoms with E-state index in [1.165, 1.54) is 6.34 Å². The van der Waals surface area contributed by atoms with E-state index in [2.05, 4.69) is 21.4 Å². The van der Waals surface area contributed by atoms with E-state index in [0.717, 1.165) is 6.42 Å². The summed E-state index contributed by atoms with van der Waals surface area (Å²) in [4.78, 5) is 19.5. The summed E-state index contributed by atoms with van der Waals surface area (Å²) in [6.45, 7) is 0.805. The van der Waals surface area contributed by atoms with Gasteiger partial charge in [0.25, 0.3) is 0 Å². The second-order valence-corrected chi connectivity index (χ2v) is 3.43. The van der Waals surface area contributed by atoms with Gasteiger partial charge in [-0.25, -0.2) is 4.98 Å². The molecule has 0 radical (unpaired) electrons. The number of hydrogen-bond acceptors (Lipinski definition) is 5. The van der Waals surface area contributed by atoms with Crippen LogP contribution in [-0.2, 0) is 6.54 Å². The van der Waals surface area contributed by atoms with Crippen LogP contribution < -0.4 is 5.32 Å². The van der Waals surface area contributed by atoms with E-state index < -0.39 is 0 Å². The molecule has 2 heterocycles. The SMILES string of the molecule is N#CCCCn1cnc2c1NC=NCC2=O. The molecule has 1 aliphatic heterocycles. The Morgan fingerprint density at radius 1 is 1.62 bits per heavy atom. The van der Waals surface area contributed by atoms with Gasteiger partial charge >= 0.3 is 0 Å². The third-order valence-corrected chi connectivity index (χ3v) is 2.32. The molecule has 6 heteroatoms. The number of carbonyl (C=O) groups is 1. The van der Waals surface area contributed by atoms with Crippen LogP contribution in [0.3, 0.4) is 0 Å². The normalized spacial score (nSPS) is 13.8. The molecule has 0 unspecified atom stereocenters. The monoisotopic (exact) mass is 217 g/mol. The zero-order chi connectivity index (χ0) is 11.4. The standard InChI is InChI=1S/C10H11N5O/c11-3-1-2-4-15-7-14-9-8(16)5-12-6-13-10(9)15/h6-7H,1-2,4-5H2,(H,12,13). The number of ketones is 1. The molecule has 0 aromatic carbocycles. The van der Waals surface area contributed by atoms with Crippen molar-refractivity contribution in [3.8, 4) is 6.07 Å². The summed E-state index contributed by atoms with van der Waals surface area (Å²) in [5.41, 5.74) is 0.425. The van der Waals surface area contributed by atoms with Gasteiger partial charge < -0.3 is 9.88 Å². The molecule has 82 valence electrons. The molecule has 0 saturated heterocycles. The van der Waals surface area contributed by atoms with Gasteiger partial charge in [-0.2, -0.15) is 5.26 Å². The zero-order valence-corrected chi connectivity index (χ0v) is 8.68. The van der Waals surface area contributed by atoms with Crippen molar-refractivity contribution in [2.45, 2.75) is 19.4 Å². The molecule has 6 nitrogen and oxygen atoms in total. The smallest absolute Gasteiger partial charge is 0.206 e. The van der Waals surface area contributed by atoms with Gasteiger partial charge in [-0.15, -0.1) is 0 Å². The summed E-state index contributed by atoms with van der Waals surface area (Å²) in [5, 5.41) is 11.4. The van der Waals surface area contributed by atoms with E-state index in [0.29, 0.717) is 24.5 Å². The van der Waals surface area contributed by atoms with E-state index in [1.807, 2.05) is 4.57 Å². The van der Waals surface area contributed by atoms with Crippen molar-refractivity contribution in [2.75, 3.05) is 11.9 Å². The topological polar surface area (TPSA) is 83.1 Å². The van der Waals surface area contributed by atoms with E-state index in [9.17, 15) is 4.79 Å². The lowest BCUT2D eigenvalue weighted by molar-refractivity contribution is 0.0999. The highest BCUT2D eigenvalue weighted by Gasteiger charge is 2.18. The first kappa shape index (κ1) is 10.4. The van der Waals surface area contributed by atoms with Crippen LogP contribution in [0.5, 0.6) is 0 Å². The highest BCUT2D eigenvalue weighted by molar-refractivity contribution is 6.03. The van der Waals surface area contributed by atoms with E-state index in [-0.39, 0.29) is 12.3 Å². The number of nitrogens with one attached hydrogen (secondary N) is 1. The number of hydrogen-bond donors (Lipinski definition) is 1. The quantitative estimate of drug-likeness (QED) is 0.760. The van der Waals surface area contributed by atoms with Crippen molar-refractivity contribution < 1.29 is 4.79 Å². The van der Waals surface area contributed by atoms with Crippen molar-refractivity contribution in [3.05, 3.63) is 12.0 Å². The molecule has 0 aliphatic carbocycles. The van der Waals surface area contributed by atoms with Crippen LogP contribution in [-0.4, -0.2) is 28.2 Å². The first-order chi connectivity index (χ1) is 7.83. The molecule has 0 spiro atoms. The van der Waals surface area contributed by atoms with Gasteiger partial charge in [0.15, 0.2) is 5.69 Å². The molecular formula is C10H11N5O. The van der Waals surface area contributed by atoms with Gasteiger partial charge in [-0.1, -0.05) is 0 Å². The Morgan fingerprint density at radius 2 is 2.50 bits per heavy atom. The summed E-state index contributed by atoms with van der Waals surface area (Å²) < 4.78 is 1.84. The number of anilines is 1. The molecule has 0 amide bonds. The maximum atomic E-state index is 11.6. The molecule has 0 saturated carbocycles. The minimum atomic E-state index is -0.0877. The largest absolute Gasteiger partial charge is 0.331 e. The number of nitriles is 1. The third kappa shape index (κ3) is 1.93. The van der Waals surface area contributed by atoms with Crippen molar-refractivity contribution >= 4 is 17.9 Å². The maximum Gasteiger partial charge on any atom is 0.206 e. The second kappa shape index (κ2) is 4.57. The number of imidazole rings is 1. The maximum absolute atomic E-state index is 11.6. The molecule has 2 rings (SSSR count).